The van der Waals surface area contributed by atoms with Crippen LogP contribution < -0.4 is 5.32 Å². The third-order valence-corrected chi connectivity index (χ3v) is 4.67. The summed E-state index contributed by atoms with van der Waals surface area (Å²) in [6.45, 7) is -0.185. The lowest BCUT2D eigenvalue weighted by atomic mass is 9.67. The van der Waals surface area contributed by atoms with Crippen molar-refractivity contribution in [2.24, 2.45) is 17.8 Å². The standard InChI is InChI=1S/C15H21NO4/c17-13(16-12-4-5-12)8-20-15(19)11-6-9-2-1-3-10(7-11)14(9)18/h9-12H,1-8H2,(H,16,17)/t9-,10-/m0/s1. The molecule has 5 heteroatoms. The van der Waals surface area contributed by atoms with Crippen LogP contribution in [0.5, 0.6) is 0 Å². The Balaban J connectivity index is 1.47. The van der Waals surface area contributed by atoms with Crippen LogP contribution in [0.25, 0.3) is 0 Å². The molecule has 3 aliphatic rings. The number of rotatable bonds is 4. The van der Waals surface area contributed by atoms with E-state index in [2.05, 4.69) is 5.32 Å². The quantitative estimate of drug-likeness (QED) is 0.785. The summed E-state index contributed by atoms with van der Waals surface area (Å²) in [6, 6.07) is 0.285. The Morgan fingerprint density at radius 2 is 1.75 bits per heavy atom. The predicted octanol–water partition coefficient (Wildman–Crippen LogP) is 1.20. The minimum atomic E-state index is -0.305. The van der Waals surface area contributed by atoms with Gasteiger partial charge in [0.05, 0.1) is 5.92 Å². The van der Waals surface area contributed by atoms with Crippen LogP contribution in [0.3, 0.4) is 0 Å². The van der Waals surface area contributed by atoms with Crippen LogP contribution in [0.4, 0.5) is 0 Å². The zero-order valence-electron chi connectivity index (χ0n) is 11.6. The zero-order chi connectivity index (χ0) is 14.1. The Morgan fingerprint density at radius 1 is 1.10 bits per heavy atom. The first kappa shape index (κ1) is 13.6. The van der Waals surface area contributed by atoms with Crippen molar-refractivity contribution in [3.8, 4) is 0 Å². The Labute approximate surface area is 118 Å². The van der Waals surface area contributed by atoms with Gasteiger partial charge in [0.1, 0.15) is 5.78 Å². The van der Waals surface area contributed by atoms with Gasteiger partial charge in [-0.2, -0.15) is 0 Å². The molecule has 20 heavy (non-hydrogen) atoms. The molecule has 0 radical (unpaired) electrons. The smallest absolute Gasteiger partial charge is 0.309 e. The van der Waals surface area contributed by atoms with Crippen LogP contribution in [-0.4, -0.2) is 30.3 Å². The lowest BCUT2D eigenvalue weighted by Crippen LogP contribution is -2.40. The number of amides is 1. The van der Waals surface area contributed by atoms with E-state index in [1.54, 1.807) is 0 Å². The van der Waals surface area contributed by atoms with E-state index in [9.17, 15) is 14.4 Å². The van der Waals surface area contributed by atoms with Gasteiger partial charge in [0, 0.05) is 17.9 Å². The first-order valence-corrected chi connectivity index (χ1v) is 7.63. The molecular formula is C15H21NO4. The maximum atomic E-state index is 12.0. The highest BCUT2D eigenvalue weighted by molar-refractivity contribution is 5.88. The molecule has 0 unspecified atom stereocenters. The first-order valence-electron chi connectivity index (χ1n) is 7.63. The van der Waals surface area contributed by atoms with Crippen LogP contribution in [-0.2, 0) is 19.1 Å². The van der Waals surface area contributed by atoms with Gasteiger partial charge in [-0.3, -0.25) is 14.4 Å². The molecule has 0 aromatic carbocycles. The average molecular weight is 279 g/mol. The van der Waals surface area contributed by atoms with E-state index in [-0.39, 0.29) is 42.3 Å². The molecule has 3 fully saturated rings. The van der Waals surface area contributed by atoms with Gasteiger partial charge in [-0.25, -0.2) is 0 Å². The van der Waals surface area contributed by atoms with Gasteiger partial charge in [-0.1, -0.05) is 6.42 Å². The normalized spacial score (nSPS) is 32.6. The molecule has 0 saturated heterocycles. The summed E-state index contributed by atoms with van der Waals surface area (Å²) < 4.78 is 5.11. The van der Waals surface area contributed by atoms with Crippen molar-refractivity contribution >= 4 is 17.7 Å². The highest BCUT2D eigenvalue weighted by atomic mass is 16.5. The number of nitrogens with one attached hydrogen (secondary N) is 1. The first-order chi connectivity index (χ1) is 9.63. The number of Topliss-reactive ketones (excluding diaryl/α,β-unsaturated/α-hetero) is 1. The molecule has 3 rings (SSSR count). The molecule has 3 aliphatic carbocycles. The third-order valence-electron chi connectivity index (χ3n) is 4.67. The summed E-state index contributed by atoms with van der Waals surface area (Å²) in [7, 11) is 0. The molecule has 5 nitrogen and oxygen atoms in total. The van der Waals surface area contributed by atoms with E-state index in [1.165, 1.54) is 0 Å². The summed E-state index contributed by atoms with van der Waals surface area (Å²) >= 11 is 0. The number of carbonyl (C=O) groups is 3. The molecule has 3 saturated carbocycles. The SMILES string of the molecule is O=C(COC(=O)C1C[C@@H]2CCC[C@@H](C1)C2=O)NC1CC1. The number of carbonyl (C=O) groups excluding carboxylic acids is 3. The second kappa shape index (κ2) is 5.54. The van der Waals surface area contributed by atoms with Crippen LogP contribution in [0.2, 0.25) is 0 Å². The molecule has 2 atom stereocenters. The summed E-state index contributed by atoms with van der Waals surface area (Å²) in [4.78, 5) is 35.5. The highest BCUT2D eigenvalue weighted by Crippen LogP contribution is 2.40. The lowest BCUT2D eigenvalue weighted by molar-refractivity contribution is -0.156. The van der Waals surface area contributed by atoms with Gasteiger partial charge in [-0.05, 0) is 38.5 Å². The van der Waals surface area contributed by atoms with E-state index in [0.29, 0.717) is 18.6 Å². The van der Waals surface area contributed by atoms with Crippen LogP contribution in [0.15, 0.2) is 0 Å². The molecular weight excluding hydrogens is 258 g/mol. The maximum absolute atomic E-state index is 12.0. The van der Waals surface area contributed by atoms with Crippen LogP contribution >= 0.6 is 0 Å². The molecule has 0 heterocycles. The number of fused-ring (bicyclic) bond motifs is 2. The lowest BCUT2D eigenvalue weighted by Gasteiger charge is -2.36. The molecule has 0 aliphatic heterocycles. The largest absolute Gasteiger partial charge is 0.455 e. The van der Waals surface area contributed by atoms with Gasteiger partial charge < -0.3 is 10.1 Å². The molecule has 1 N–H and O–H groups in total. The summed E-state index contributed by atoms with van der Waals surface area (Å²) in [6.07, 6.45) is 6.16. The zero-order valence-corrected chi connectivity index (χ0v) is 11.6. The second-order valence-electron chi connectivity index (χ2n) is 6.34. The van der Waals surface area contributed by atoms with Crippen molar-refractivity contribution in [3.63, 3.8) is 0 Å². The van der Waals surface area contributed by atoms with Crippen LogP contribution in [0.1, 0.15) is 44.9 Å². The minimum absolute atomic E-state index is 0.0420. The number of ether oxygens (including phenoxy) is 1. The summed E-state index contributed by atoms with van der Waals surface area (Å²) in [5.74, 6) is -0.294. The van der Waals surface area contributed by atoms with Crippen molar-refractivity contribution in [3.05, 3.63) is 0 Å². The van der Waals surface area contributed by atoms with Gasteiger partial charge in [-0.15, -0.1) is 0 Å². The molecule has 0 spiro atoms. The number of hydrogen-bond donors (Lipinski definition) is 1. The van der Waals surface area contributed by atoms with E-state index in [1.807, 2.05) is 0 Å². The van der Waals surface area contributed by atoms with Gasteiger partial charge in [0.15, 0.2) is 6.61 Å². The van der Waals surface area contributed by atoms with Crippen molar-refractivity contribution in [2.45, 2.75) is 51.0 Å². The maximum Gasteiger partial charge on any atom is 0.309 e. The molecule has 1 amide bonds. The monoisotopic (exact) mass is 279 g/mol. The Kier molecular flexibility index (Phi) is 3.76. The highest BCUT2D eigenvalue weighted by Gasteiger charge is 2.41. The van der Waals surface area contributed by atoms with Gasteiger partial charge >= 0.3 is 5.97 Å². The Morgan fingerprint density at radius 3 is 2.35 bits per heavy atom. The fourth-order valence-corrected chi connectivity index (χ4v) is 3.42. The number of ketones is 1. The fourth-order valence-electron chi connectivity index (χ4n) is 3.42. The van der Waals surface area contributed by atoms with Gasteiger partial charge in [0.2, 0.25) is 0 Å². The van der Waals surface area contributed by atoms with E-state index in [0.717, 1.165) is 32.1 Å². The van der Waals surface area contributed by atoms with E-state index >= 15 is 0 Å². The Hall–Kier alpha value is -1.39. The minimum Gasteiger partial charge on any atom is -0.455 e. The second-order valence-corrected chi connectivity index (χ2v) is 6.34. The topological polar surface area (TPSA) is 72.5 Å². The van der Waals surface area contributed by atoms with E-state index in [4.69, 9.17) is 4.74 Å². The number of esters is 1. The predicted molar refractivity (Wildman–Crippen MR) is 70.7 cm³/mol. The molecule has 0 aromatic heterocycles. The summed E-state index contributed by atoms with van der Waals surface area (Å²) in [5, 5.41) is 2.79. The van der Waals surface area contributed by atoms with Crippen LogP contribution in [0, 0.1) is 17.8 Å². The van der Waals surface area contributed by atoms with E-state index < -0.39 is 0 Å². The van der Waals surface area contributed by atoms with Gasteiger partial charge in [0.25, 0.3) is 5.91 Å². The Bertz CT molecular complexity index is 414. The van der Waals surface area contributed by atoms with Crippen molar-refractivity contribution in [1.82, 2.24) is 5.32 Å². The summed E-state index contributed by atoms with van der Waals surface area (Å²) in [5.41, 5.74) is 0. The third kappa shape index (κ3) is 3.02. The molecule has 110 valence electrons. The van der Waals surface area contributed by atoms with Crippen molar-refractivity contribution < 1.29 is 19.1 Å². The van der Waals surface area contributed by atoms with Crippen molar-refractivity contribution in [1.29, 1.82) is 0 Å². The molecule has 2 bridgehead atoms. The molecule has 0 aromatic rings. The average Bonchev–Trinajstić information content (AvgIpc) is 3.19. The fraction of sp³-hybridized carbons (Fsp3) is 0.800. The van der Waals surface area contributed by atoms with Crippen molar-refractivity contribution in [2.75, 3.05) is 6.61 Å². The number of hydrogen-bond acceptors (Lipinski definition) is 4.